The second kappa shape index (κ2) is 6.18. The Hall–Kier alpha value is -1.68. The van der Waals surface area contributed by atoms with E-state index in [1.807, 2.05) is 17.5 Å². The number of nitrogens with one attached hydrogen (secondary N) is 1. The Morgan fingerprint density at radius 1 is 1.30 bits per heavy atom. The van der Waals surface area contributed by atoms with Crippen LogP contribution in [-0.2, 0) is 0 Å². The van der Waals surface area contributed by atoms with Gasteiger partial charge in [-0.05, 0) is 42.0 Å². The van der Waals surface area contributed by atoms with Gasteiger partial charge in [-0.2, -0.15) is 0 Å². The molecule has 106 valence electrons. The highest BCUT2D eigenvalue weighted by Crippen LogP contribution is 2.26. The number of carbonyl (C=O) groups is 1. The second-order valence-electron chi connectivity index (χ2n) is 5.17. The standard InChI is InChI=1S/C16H18FNOS/c1-10(2)15(14-5-4-8-20-14)18-16(19)12-7-6-11(3)13(17)9-12/h4-10,15H,1-3H3,(H,18,19)/t15-/m0/s1. The molecule has 2 rings (SSSR count). The first-order valence-corrected chi connectivity index (χ1v) is 7.47. The van der Waals surface area contributed by atoms with Gasteiger partial charge in [-0.15, -0.1) is 11.3 Å². The van der Waals surface area contributed by atoms with Crippen LogP contribution in [0.25, 0.3) is 0 Å². The molecule has 0 spiro atoms. The van der Waals surface area contributed by atoms with Crippen molar-refractivity contribution in [3.8, 4) is 0 Å². The molecule has 0 aliphatic heterocycles. The SMILES string of the molecule is Cc1ccc(C(=O)N[C@H](c2cccs2)C(C)C)cc1F. The van der Waals surface area contributed by atoms with Gasteiger partial charge in [0, 0.05) is 10.4 Å². The van der Waals surface area contributed by atoms with E-state index >= 15 is 0 Å². The lowest BCUT2D eigenvalue weighted by atomic mass is 10.0. The molecule has 1 heterocycles. The second-order valence-corrected chi connectivity index (χ2v) is 6.15. The summed E-state index contributed by atoms with van der Waals surface area (Å²) >= 11 is 1.61. The minimum absolute atomic E-state index is 0.0492. The van der Waals surface area contributed by atoms with Gasteiger partial charge < -0.3 is 5.32 Å². The first-order valence-electron chi connectivity index (χ1n) is 6.59. The number of hydrogen-bond donors (Lipinski definition) is 1. The summed E-state index contributed by atoms with van der Waals surface area (Å²) in [5.74, 6) is -0.321. The number of aryl methyl sites for hydroxylation is 1. The van der Waals surface area contributed by atoms with E-state index in [1.54, 1.807) is 30.4 Å². The zero-order chi connectivity index (χ0) is 14.7. The molecule has 0 saturated heterocycles. The molecular formula is C16H18FNOS. The van der Waals surface area contributed by atoms with E-state index in [2.05, 4.69) is 19.2 Å². The van der Waals surface area contributed by atoms with Gasteiger partial charge in [-0.1, -0.05) is 26.0 Å². The third-order valence-electron chi connectivity index (χ3n) is 3.24. The summed E-state index contributed by atoms with van der Waals surface area (Å²) < 4.78 is 13.5. The number of hydrogen-bond acceptors (Lipinski definition) is 2. The lowest BCUT2D eigenvalue weighted by molar-refractivity contribution is 0.0926. The van der Waals surface area contributed by atoms with E-state index in [-0.39, 0.29) is 23.7 Å². The van der Waals surface area contributed by atoms with Crippen LogP contribution in [0.15, 0.2) is 35.7 Å². The summed E-state index contributed by atoms with van der Waals surface area (Å²) in [6.45, 7) is 5.79. The third-order valence-corrected chi connectivity index (χ3v) is 4.19. The fraction of sp³-hybridized carbons (Fsp3) is 0.312. The molecule has 0 bridgehead atoms. The highest BCUT2D eigenvalue weighted by molar-refractivity contribution is 7.10. The summed E-state index contributed by atoms with van der Waals surface area (Å²) in [5.41, 5.74) is 0.899. The van der Waals surface area contributed by atoms with Gasteiger partial charge in [0.2, 0.25) is 0 Å². The van der Waals surface area contributed by atoms with Crippen molar-refractivity contribution in [2.24, 2.45) is 5.92 Å². The fourth-order valence-electron chi connectivity index (χ4n) is 1.99. The van der Waals surface area contributed by atoms with Crippen molar-refractivity contribution in [1.82, 2.24) is 5.32 Å². The van der Waals surface area contributed by atoms with Crippen molar-refractivity contribution in [2.45, 2.75) is 26.8 Å². The van der Waals surface area contributed by atoms with E-state index in [1.165, 1.54) is 6.07 Å². The fourth-order valence-corrected chi connectivity index (χ4v) is 2.94. The van der Waals surface area contributed by atoms with Gasteiger partial charge in [0.05, 0.1) is 6.04 Å². The van der Waals surface area contributed by atoms with E-state index in [9.17, 15) is 9.18 Å². The maximum atomic E-state index is 13.5. The first kappa shape index (κ1) is 14.7. The number of rotatable bonds is 4. The van der Waals surface area contributed by atoms with E-state index in [0.29, 0.717) is 11.1 Å². The maximum Gasteiger partial charge on any atom is 0.251 e. The molecular weight excluding hydrogens is 273 g/mol. The molecule has 1 amide bonds. The Kier molecular flexibility index (Phi) is 4.55. The van der Waals surface area contributed by atoms with Crippen LogP contribution in [0.2, 0.25) is 0 Å². The molecule has 2 aromatic rings. The van der Waals surface area contributed by atoms with Crippen molar-refractivity contribution < 1.29 is 9.18 Å². The molecule has 1 aromatic heterocycles. The molecule has 0 unspecified atom stereocenters. The Morgan fingerprint density at radius 2 is 2.05 bits per heavy atom. The molecule has 4 heteroatoms. The summed E-state index contributed by atoms with van der Waals surface area (Å²) in [6.07, 6.45) is 0. The molecule has 0 aliphatic rings. The van der Waals surface area contributed by atoms with Crippen molar-refractivity contribution >= 4 is 17.2 Å². The maximum absolute atomic E-state index is 13.5. The van der Waals surface area contributed by atoms with Gasteiger partial charge >= 0.3 is 0 Å². The summed E-state index contributed by atoms with van der Waals surface area (Å²) in [6, 6.07) is 8.49. The molecule has 1 N–H and O–H groups in total. The molecule has 0 saturated carbocycles. The molecule has 2 nitrogen and oxygen atoms in total. The largest absolute Gasteiger partial charge is 0.344 e. The first-order chi connectivity index (χ1) is 9.49. The van der Waals surface area contributed by atoms with Gasteiger partial charge in [-0.25, -0.2) is 4.39 Å². The van der Waals surface area contributed by atoms with Crippen molar-refractivity contribution in [3.05, 3.63) is 57.5 Å². The number of amides is 1. The molecule has 0 aliphatic carbocycles. The lowest BCUT2D eigenvalue weighted by Gasteiger charge is -2.21. The number of carbonyl (C=O) groups excluding carboxylic acids is 1. The van der Waals surface area contributed by atoms with Crippen LogP contribution in [0, 0.1) is 18.7 Å². The quantitative estimate of drug-likeness (QED) is 0.893. The van der Waals surface area contributed by atoms with Gasteiger partial charge in [0.15, 0.2) is 0 Å². The predicted octanol–water partition coefficient (Wildman–Crippen LogP) is 4.32. The lowest BCUT2D eigenvalue weighted by Crippen LogP contribution is -2.31. The Morgan fingerprint density at radius 3 is 2.60 bits per heavy atom. The minimum atomic E-state index is -0.352. The number of thiophene rings is 1. The highest BCUT2D eigenvalue weighted by Gasteiger charge is 2.20. The predicted molar refractivity (Wildman–Crippen MR) is 80.5 cm³/mol. The van der Waals surface area contributed by atoms with Gasteiger partial charge in [-0.3, -0.25) is 4.79 Å². The van der Waals surface area contributed by atoms with Crippen LogP contribution < -0.4 is 5.32 Å². The van der Waals surface area contributed by atoms with Gasteiger partial charge in [0.1, 0.15) is 5.82 Å². The molecule has 0 fully saturated rings. The molecule has 1 aromatic carbocycles. The van der Waals surface area contributed by atoms with Crippen molar-refractivity contribution in [2.75, 3.05) is 0 Å². The van der Waals surface area contributed by atoms with Crippen LogP contribution in [0.1, 0.15) is 40.7 Å². The monoisotopic (exact) mass is 291 g/mol. The third kappa shape index (κ3) is 3.25. The molecule has 1 atom stereocenters. The minimum Gasteiger partial charge on any atom is -0.344 e. The van der Waals surface area contributed by atoms with Crippen LogP contribution in [-0.4, -0.2) is 5.91 Å². The Bertz CT molecular complexity index is 593. The zero-order valence-corrected chi connectivity index (χ0v) is 12.6. The number of halogens is 1. The number of benzene rings is 1. The molecule has 0 radical (unpaired) electrons. The van der Waals surface area contributed by atoms with Crippen LogP contribution in [0.4, 0.5) is 4.39 Å². The Balaban J connectivity index is 2.18. The summed E-state index contributed by atoms with van der Waals surface area (Å²) in [5, 5.41) is 4.98. The average Bonchev–Trinajstić information content (AvgIpc) is 2.92. The summed E-state index contributed by atoms with van der Waals surface area (Å²) in [7, 11) is 0. The smallest absolute Gasteiger partial charge is 0.251 e. The van der Waals surface area contributed by atoms with E-state index < -0.39 is 0 Å². The zero-order valence-electron chi connectivity index (χ0n) is 11.8. The van der Waals surface area contributed by atoms with Crippen LogP contribution >= 0.6 is 11.3 Å². The van der Waals surface area contributed by atoms with Crippen molar-refractivity contribution in [1.29, 1.82) is 0 Å². The van der Waals surface area contributed by atoms with E-state index in [0.717, 1.165) is 4.88 Å². The highest BCUT2D eigenvalue weighted by atomic mass is 32.1. The van der Waals surface area contributed by atoms with Crippen LogP contribution in [0.5, 0.6) is 0 Å². The average molecular weight is 291 g/mol. The normalized spacial score (nSPS) is 12.4. The topological polar surface area (TPSA) is 29.1 Å². The Labute approximate surface area is 122 Å². The molecule has 20 heavy (non-hydrogen) atoms. The van der Waals surface area contributed by atoms with E-state index in [4.69, 9.17) is 0 Å². The van der Waals surface area contributed by atoms with Crippen molar-refractivity contribution in [3.63, 3.8) is 0 Å². The van der Waals surface area contributed by atoms with Crippen LogP contribution in [0.3, 0.4) is 0 Å². The summed E-state index contributed by atoms with van der Waals surface area (Å²) in [4.78, 5) is 13.4. The van der Waals surface area contributed by atoms with Gasteiger partial charge in [0.25, 0.3) is 5.91 Å².